The smallest absolute Gasteiger partial charge is 0.255 e. The Morgan fingerprint density at radius 2 is 2.08 bits per heavy atom. The summed E-state index contributed by atoms with van der Waals surface area (Å²) in [6.07, 6.45) is 0.822. The highest BCUT2D eigenvalue weighted by Gasteiger charge is 2.17. The standard InChI is InChI=1S/C15H24N4O4S/c1-23-14-4-3-12(24(16,21)22)11-13(14)15(20)18-5-2-8-19-9-6-17-7-10-19/h3-4,11,17H,2,5-10H2,1H3,(H,18,20)(H2,16,21,22). The topological polar surface area (TPSA) is 114 Å². The second-order valence-electron chi connectivity index (χ2n) is 5.61. The van der Waals surface area contributed by atoms with Crippen LogP contribution in [0, 0.1) is 0 Å². The van der Waals surface area contributed by atoms with E-state index in [1.54, 1.807) is 0 Å². The summed E-state index contributed by atoms with van der Waals surface area (Å²) in [7, 11) is -2.45. The van der Waals surface area contributed by atoms with Gasteiger partial charge >= 0.3 is 0 Å². The minimum atomic E-state index is -3.87. The maximum absolute atomic E-state index is 12.3. The van der Waals surface area contributed by atoms with Crippen molar-refractivity contribution < 1.29 is 17.9 Å². The number of rotatable bonds is 7. The van der Waals surface area contributed by atoms with E-state index >= 15 is 0 Å². The summed E-state index contributed by atoms with van der Waals surface area (Å²) in [5, 5.41) is 11.2. The van der Waals surface area contributed by atoms with E-state index in [1.165, 1.54) is 25.3 Å². The molecule has 24 heavy (non-hydrogen) atoms. The van der Waals surface area contributed by atoms with Gasteiger partial charge in [-0.15, -0.1) is 0 Å². The molecule has 1 aromatic carbocycles. The summed E-state index contributed by atoms with van der Waals surface area (Å²) >= 11 is 0. The molecule has 1 amide bonds. The lowest BCUT2D eigenvalue weighted by molar-refractivity contribution is 0.0948. The maximum atomic E-state index is 12.3. The molecule has 1 aliphatic rings. The normalized spacial score (nSPS) is 15.9. The number of primary sulfonamides is 1. The Hall–Kier alpha value is -1.68. The highest BCUT2D eigenvalue weighted by atomic mass is 32.2. The second-order valence-corrected chi connectivity index (χ2v) is 7.17. The second kappa shape index (κ2) is 8.43. The van der Waals surface area contributed by atoms with Gasteiger partial charge < -0.3 is 20.3 Å². The van der Waals surface area contributed by atoms with Gasteiger partial charge in [0, 0.05) is 32.7 Å². The van der Waals surface area contributed by atoms with Crippen molar-refractivity contribution >= 4 is 15.9 Å². The van der Waals surface area contributed by atoms with Gasteiger partial charge in [0.15, 0.2) is 0 Å². The van der Waals surface area contributed by atoms with Crippen LogP contribution in [0.5, 0.6) is 5.75 Å². The molecule has 1 aromatic rings. The van der Waals surface area contributed by atoms with Crippen molar-refractivity contribution in [2.75, 3.05) is 46.4 Å². The number of hydrogen-bond acceptors (Lipinski definition) is 6. The first-order valence-corrected chi connectivity index (χ1v) is 9.38. The molecule has 0 bridgehead atoms. The van der Waals surface area contributed by atoms with Crippen LogP contribution >= 0.6 is 0 Å². The molecule has 1 aliphatic heterocycles. The average Bonchev–Trinajstić information content (AvgIpc) is 2.58. The van der Waals surface area contributed by atoms with Gasteiger partial charge in [0.2, 0.25) is 10.0 Å². The lowest BCUT2D eigenvalue weighted by Gasteiger charge is -2.27. The molecule has 1 saturated heterocycles. The van der Waals surface area contributed by atoms with Gasteiger partial charge in [-0.2, -0.15) is 0 Å². The molecule has 2 rings (SSSR count). The van der Waals surface area contributed by atoms with Crippen LogP contribution in [0.3, 0.4) is 0 Å². The van der Waals surface area contributed by atoms with Gasteiger partial charge in [-0.3, -0.25) is 4.79 Å². The van der Waals surface area contributed by atoms with Crippen LogP contribution in [0.15, 0.2) is 23.1 Å². The Morgan fingerprint density at radius 3 is 2.71 bits per heavy atom. The molecule has 0 unspecified atom stereocenters. The summed E-state index contributed by atoms with van der Waals surface area (Å²) in [4.78, 5) is 14.5. The van der Waals surface area contributed by atoms with Gasteiger partial charge in [-0.05, 0) is 31.2 Å². The van der Waals surface area contributed by atoms with Crippen molar-refractivity contribution in [3.63, 3.8) is 0 Å². The van der Waals surface area contributed by atoms with Crippen molar-refractivity contribution in [2.45, 2.75) is 11.3 Å². The van der Waals surface area contributed by atoms with E-state index in [-0.39, 0.29) is 16.4 Å². The van der Waals surface area contributed by atoms with Gasteiger partial charge in [0.25, 0.3) is 5.91 Å². The van der Waals surface area contributed by atoms with E-state index in [0.717, 1.165) is 39.1 Å². The van der Waals surface area contributed by atoms with Crippen molar-refractivity contribution in [3.05, 3.63) is 23.8 Å². The van der Waals surface area contributed by atoms with Crippen LogP contribution in [0.4, 0.5) is 0 Å². The number of amides is 1. The van der Waals surface area contributed by atoms with E-state index in [9.17, 15) is 13.2 Å². The van der Waals surface area contributed by atoms with Crippen LogP contribution in [0.2, 0.25) is 0 Å². The molecule has 0 aliphatic carbocycles. The third-order valence-corrected chi connectivity index (χ3v) is 4.80. The zero-order chi connectivity index (χ0) is 17.6. The summed E-state index contributed by atoms with van der Waals surface area (Å²) in [5.41, 5.74) is 0.159. The van der Waals surface area contributed by atoms with Gasteiger partial charge in [-0.25, -0.2) is 13.6 Å². The Kier molecular flexibility index (Phi) is 6.55. The van der Waals surface area contributed by atoms with Crippen LogP contribution in [-0.2, 0) is 10.0 Å². The SMILES string of the molecule is COc1ccc(S(N)(=O)=O)cc1C(=O)NCCCN1CCNCC1. The van der Waals surface area contributed by atoms with E-state index in [2.05, 4.69) is 15.5 Å². The van der Waals surface area contributed by atoms with Crippen LogP contribution in [0.25, 0.3) is 0 Å². The Balaban J connectivity index is 1.93. The number of nitrogens with two attached hydrogens (primary N) is 1. The Bertz CT molecular complexity index is 672. The van der Waals surface area contributed by atoms with E-state index in [0.29, 0.717) is 12.3 Å². The van der Waals surface area contributed by atoms with Crippen molar-refractivity contribution in [3.8, 4) is 5.75 Å². The van der Waals surface area contributed by atoms with E-state index in [4.69, 9.17) is 9.88 Å². The summed E-state index contributed by atoms with van der Waals surface area (Å²) in [6.45, 7) is 5.42. The summed E-state index contributed by atoms with van der Waals surface area (Å²) in [6, 6.07) is 3.98. The molecular weight excluding hydrogens is 332 g/mol. The number of nitrogens with zero attached hydrogens (tertiary/aromatic N) is 1. The zero-order valence-electron chi connectivity index (χ0n) is 13.7. The number of sulfonamides is 1. The van der Waals surface area contributed by atoms with Crippen LogP contribution in [0.1, 0.15) is 16.8 Å². The van der Waals surface area contributed by atoms with Gasteiger partial charge in [0.1, 0.15) is 5.75 Å². The fraction of sp³-hybridized carbons (Fsp3) is 0.533. The fourth-order valence-corrected chi connectivity index (χ4v) is 3.12. The first-order valence-electron chi connectivity index (χ1n) is 7.84. The first kappa shape index (κ1) is 18.7. The highest BCUT2D eigenvalue weighted by molar-refractivity contribution is 7.89. The molecule has 0 saturated carbocycles. The predicted molar refractivity (Wildman–Crippen MR) is 90.6 cm³/mol. The molecule has 1 fully saturated rings. The van der Waals surface area contributed by atoms with Crippen molar-refractivity contribution in [1.82, 2.24) is 15.5 Å². The van der Waals surface area contributed by atoms with E-state index < -0.39 is 10.0 Å². The minimum absolute atomic E-state index is 0.116. The molecule has 9 heteroatoms. The molecule has 134 valence electrons. The molecule has 0 atom stereocenters. The van der Waals surface area contributed by atoms with Crippen LogP contribution < -0.4 is 20.5 Å². The minimum Gasteiger partial charge on any atom is -0.496 e. The number of carbonyl (C=O) groups excluding carboxylic acids is 1. The average molecular weight is 356 g/mol. The third kappa shape index (κ3) is 5.17. The number of carbonyl (C=O) groups is 1. The number of piperazine rings is 1. The first-order chi connectivity index (χ1) is 11.4. The van der Waals surface area contributed by atoms with E-state index in [1.807, 2.05) is 0 Å². The molecule has 0 aromatic heterocycles. The Labute approximate surface area is 142 Å². The molecule has 4 N–H and O–H groups in total. The monoisotopic (exact) mass is 356 g/mol. The Morgan fingerprint density at radius 1 is 1.38 bits per heavy atom. The quantitative estimate of drug-likeness (QED) is 0.561. The molecule has 8 nitrogen and oxygen atoms in total. The lowest BCUT2D eigenvalue weighted by Crippen LogP contribution is -2.44. The maximum Gasteiger partial charge on any atom is 0.255 e. The van der Waals surface area contributed by atoms with Gasteiger partial charge in [0.05, 0.1) is 17.6 Å². The summed E-state index contributed by atoms with van der Waals surface area (Å²) in [5.74, 6) is -0.0698. The van der Waals surface area contributed by atoms with Crippen molar-refractivity contribution in [2.24, 2.45) is 5.14 Å². The van der Waals surface area contributed by atoms with Gasteiger partial charge in [-0.1, -0.05) is 0 Å². The van der Waals surface area contributed by atoms with Crippen LogP contribution in [-0.4, -0.2) is 65.6 Å². The predicted octanol–water partition coefficient (Wildman–Crippen LogP) is -0.632. The number of nitrogens with one attached hydrogen (secondary N) is 2. The number of methoxy groups -OCH3 is 1. The number of benzene rings is 1. The molecule has 0 radical (unpaired) electrons. The molecular formula is C15H24N4O4S. The number of hydrogen-bond donors (Lipinski definition) is 3. The molecule has 0 spiro atoms. The number of ether oxygens (including phenoxy) is 1. The largest absolute Gasteiger partial charge is 0.496 e. The third-order valence-electron chi connectivity index (χ3n) is 3.89. The molecule has 1 heterocycles. The fourth-order valence-electron chi connectivity index (χ4n) is 2.58. The summed E-state index contributed by atoms with van der Waals surface area (Å²) < 4.78 is 28.0. The highest BCUT2D eigenvalue weighted by Crippen LogP contribution is 2.21. The van der Waals surface area contributed by atoms with Crippen molar-refractivity contribution in [1.29, 1.82) is 0 Å². The lowest BCUT2D eigenvalue weighted by atomic mass is 10.2. The zero-order valence-corrected chi connectivity index (χ0v) is 14.6.